The number of hydrogen-bond donors (Lipinski definition) is 2. The summed E-state index contributed by atoms with van der Waals surface area (Å²) in [4.78, 5) is 0. The Balaban J connectivity index is 2.47. The van der Waals surface area contributed by atoms with E-state index in [4.69, 9.17) is 10.8 Å². The molecule has 1 atom stereocenters. The molecule has 0 unspecified atom stereocenters. The minimum absolute atomic E-state index is 0.128. The third kappa shape index (κ3) is 3.44. The van der Waals surface area contributed by atoms with Crippen LogP contribution in [0.25, 0.3) is 0 Å². The first kappa shape index (κ1) is 11.1. The van der Waals surface area contributed by atoms with Crippen molar-refractivity contribution in [3.63, 3.8) is 0 Å². The highest BCUT2D eigenvalue weighted by atomic mass is 19.1. The van der Waals surface area contributed by atoms with Crippen LogP contribution in [0.5, 0.6) is 0 Å². The van der Waals surface area contributed by atoms with Crippen LogP contribution in [0.4, 0.5) is 4.39 Å². The molecule has 1 aromatic carbocycles. The third-order valence-electron chi connectivity index (χ3n) is 2.20. The lowest BCUT2D eigenvalue weighted by atomic mass is 10.0. The zero-order chi connectivity index (χ0) is 10.4. The van der Waals surface area contributed by atoms with Crippen LogP contribution in [-0.2, 0) is 0 Å². The van der Waals surface area contributed by atoms with Gasteiger partial charge >= 0.3 is 0 Å². The predicted octanol–water partition coefficient (Wildman–Crippen LogP) is 1.99. The van der Waals surface area contributed by atoms with Gasteiger partial charge in [0.1, 0.15) is 5.82 Å². The molecule has 3 N–H and O–H groups in total. The van der Waals surface area contributed by atoms with Crippen molar-refractivity contribution in [2.45, 2.75) is 25.3 Å². The number of nitrogens with two attached hydrogens (primary N) is 1. The lowest BCUT2D eigenvalue weighted by Gasteiger charge is -2.11. The fraction of sp³-hybridized carbons (Fsp3) is 0.455. The van der Waals surface area contributed by atoms with E-state index in [1.165, 1.54) is 12.1 Å². The first-order valence-electron chi connectivity index (χ1n) is 4.86. The minimum atomic E-state index is -0.250. The second kappa shape index (κ2) is 5.73. The van der Waals surface area contributed by atoms with E-state index in [1.807, 2.05) is 6.07 Å². The van der Waals surface area contributed by atoms with E-state index in [-0.39, 0.29) is 18.5 Å². The van der Waals surface area contributed by atoms with Crippen molar-refractivity contribution in [2.24, 2.45) is 5.73 Å². The molecule has 14 heavy (non-hydrogen) atoms. The van der Waals surface area contributed by atoms with Crippen LogP contribution < -0.4 is 5.73 Å². The number of aliphatic hydroxyl groups excluding tert-OH is 1. The lowest BCUT2D eigenvalue weighted by molar-refractivity contribution is 0.281. The van der Waals surface area contributed by atoms with Gasteiger partial charge in [0.05, 0.1) is 0 Å². The summed E-state index contributed by atoms with van der Waals surface area (Å²) in [6, 6.07) is 6.23. The first-order chi connectivity index (χ1) is 6.74. The summed E-state index contributed by atoms with van der Waals surface area (Å²) in [5.74, 6) is -0.250. The molecule has 0 aliphatic rings. The van der Waals surface area contributed by atoms with E-state index in [1.54, 1.807) is 6.07 Å². The first-order valence-corrected chi connectivity index (χ1v) is 4.86. The van der Waals surface area contributed by atoms with Crippen LogP contribution in [0.15, 0.2) is 24.3 Å². The largest absolute Gasteiger partial charge is 0.396 e. The van der Waals surface area contributed by atoms with Gasteiger partial charge in [-0.2, -0.15) is 0 Å². The van der Waals surface area contributed by atoms with Crippen molar-refractivity contribution < 1.29 is 9.50 Å². The van der Waals surface area contributed by atoms with Crippen LogP contribution in [0.1, 0.15) is 30.9 Å². The van der Waals surface area contributed by atoms with Crippen molar-refractivity contribution in [2.75, 3.05) is 6.61 Å². The molecule has 0 aliphatic heterocycles. The topological polar surface area (TPSA) is 46.2 Å². The Kier molecular flexibility index (Phi) is 4.56. The van der Waals surface area contributed by atoms with Crippen molar-refractivity contribution in [3.8, 4) is 0 Å². The van der Waals surface area contributed by atoms with Crippen LogP contribution in [0.3, 0.4) is 0 Å². The summed E-state index contributed by atoms with van der Waals surface area (Å²) in [6.07, 6.45) is 2.40. The van der Waals surface area contributed by atoms with Crippen LogP contribution in [0.2, 0.25) is 0 Å². The molecule has 0 heterocycles. The molecule has 78 valence electrons. The fourth-order valence-corrected chi connectivity index (χ4v) is 1.38. The zero-order valence-corrected chi connectivity index (χ0v) is 8.12. The summed E-state index contributed by atoms with van der Waals surface area (Å²) in [6.45, 7) is 0.190. The summed E-state index contributed by atoms with van der Waals surface area (Å²) >= 11 is 0. The van der Waals surface area contributed by atoms with E-state index < -0.39 is 0 Å². The standard InChI is InChI=1S/C11H16FNO/c12-10-5-3-4-9(8-10)11(13)6-1-2-7-14/h3-5,8,11,14H,1-2,6-7,13H2/t11-/m1/s1. The van der Waals surface area contributed by atoms with Gasteiger partial charge in [0, 0.05) is 12.6 Å². The summed E-state index contributed by atoms with van der Waals surface area (Å²) < 4.78 is 12.8. The van der Waals surface area contributed by atoms with E-state index >= 15 is 0 Å². The Morgan fingerprint density at radius 3 is 2.79 bits per heavy atom. The second-order valence-corrected chi connectivity index (χ2v) is 3.38. The highest BCUT2D eigenvalue weighted by Gasteiger charge is 2.05. The van der Waals surface area contributed by atoms with E-state index in [9.17, 15) is 4.39 Å². The Morgan fingerprint density at radius 1 is 1.36 bits per heavy atom. The lowest BCUT2D eigenvalue weighted by Crippen LogP contribution is -2.10. The van der Waals surface area contributed by atoms with Gasteiger partial charge in [-0.15, -0.1) is 0 Å². The molecule has 0 fully saturated rings. The summed E-state index contributed by atoms with van der Waals surface area (Å²) in [7, 11) is 0. The number of aliphatic hydroxyl groups is 1. The summed E-state index contributed by atoms with van der Waals surface area (Å²) in [5, 5.41) is 8.59. The average molecular weight is 197 g/mol. The normalized spacial score (nSPS) is 12.8. The van der Waals surface area contributed by atoms with Gasteiger partial charge in [-0.3, -0.25) is 0 Å². The maximum absolute atomic E-state index is 12.8. The molecule has 0 saturated carbocycles. The fourth-order valence-electron chi connectivity index (χ4n) is 1.38. The van der Waals surface area contributed by atoms with Gasteiger partial charge < -0.3 is 10.8 Å². The van der Waals surface area contributed by atoms with E-state index in [2.05, 4.69) is 0 Å². The molecule has 1 aromatic rings. The molecule has 0 radical (unpaired) electrons. The van der Waals surface area contributed by atoms with Crippen LogP contribution in [-0.4, -0.2) is 11.7 Å². The molecular weight excluding hydrogens is 181 g/mol. The molecule has 2 nitrogen and oxygen atoms in total. The highest BCUT2D eigenvalue weighted by Crippen LogP contribution is 2.17. The Labute approximate surface area is 83.6 Å². The molecule has 0 spiro atoms. The minimum Gasteiger partial charge on any atom is -0.396 e. The van der Waals surface area contributed by atoms with E-state index in [0.29, 0.717) is 0 Å². The monoisotopic (exact) mass is 197 g/mol. The van der Waals surface area contributed by atoms with Gasteiger partial charge in [-0.05, 0) is 37.0 Å². The number of unbranched alkanes of at least 4 members (excludes halogenated alkanes) is 1. The number of halogens is 1. The van der Waals surface area contributed by atoms with Crippen LogP contribution >= 0.6 is 0 Å². The molecule has 1 rings (SSSR count). The van der Waals surface area contributed by atoms with Crippen molar-refractivity contribution in [1.82, 2.24) is 0 Å². The highest BCUT2D eigenvalue weighted by molar-refractivity contribution is 5.19. The number of rotatable bonds is 5. The molecule has 3 heteroatoms. The van der Waals surface area contributed by atoms with Gasteiger partial charge in [0.15, 0.2) is 0 Å². The zero-order valence-electron chi connectivity index (χ0n) is 8.12. The van der Waals surface area contributed by atoms with Gasteiger partial charge in [0.25, 0.3) is 0 Å². The third-order valence-corrected chi connectivity index (χ3v) is 2.20. The Morgan fingerprint density at radius 2 is 2.14 bits per heavy atom. The maximum Gasteiger partial charge on any atom is 0.123 e. The van der Waals surface area contributed by atoms with Crippen molar-refractivity contribution in [3.05, 3.63) is 35.6 Å². The van der Waals surface area contributed by atoms with Gasteiger partial charge in [-0.25, -0.2) is 4.39 Å². The molecule has 0 saturated heterocycles. The van der Waals surface area contributed by atoms with Crippen LogP contribution in [0, 0.1) is 5.82 Å². The smallest absolute Gasteiger partial charge is 0.123 e. The average Bonchev–Trinajstić information content (AvgIpc) is 2.18. The van der Waals surface area contributed by atoms with Crippen molar-refractivity contribution >= 4 is 0 Å². The Hall–Kier alpha value is -0.930. The van der Waals surface area contributed by atoms with Gasteiger partial charge in [0.2, 0.25) is 0 Å². The van der Waals surface area contributed by atoms with E-state index in [0.717, 1.165) is 24.8 Å². The number of benzene rings is 1. The Bertz CT molecular complexity index is 278. The summed E-state index contributed by atoms with van der Waals surface area (Å²) in [5.41, 5.74) is 6.68. The number of hydrogen-bond acceptors (Lipinski definition) is 2. The molecule has 0 aliphatic carbocycles. The molecular formula is C11H16FNO. The molecule has 0 bridgehead atoms. The van der Waals surface area contributed by atoms with Gasteiger partial charge in [-0.1, -0.05) is 12.1 Å². The molecule has 0 amide bonds. The molecule has 0 aromatic heterocycles. The predicted molar refractivity (Wildman–Crippen MR) is 54.3 cm³/mol. The quantitative estimate of drug-likeness (QED) is 0.709. The second-order valence-electron chi connectivity index (χ2n) is 3.38. The van der Waals surface area contributed by atoms with Crippen molar-refractivity contribution in [1.29, 1.82) is 0 Å². The maximum atomic E-state index is 12.8. The SMILES string of the molecule is N[C@H](CCCCO)c1cccc(F)c1.